The van der Waals surface area contributed by atoms with Crippen LogP contribution >= 0.6 is 0 Å². The van der Waals surface area contributed by atoms with Crippen LogP contribution in [0.5, 0.6) is 0 Å². The number of carbonyl (C=O) groups excluding carboxylic acids is 2. The third-order valence-corrected chi connectivity index (χ3v) is 5.12. The molecule has 0 heterocycles. The van der Waals surface area contributed by atoms with Crippen LogP contribution in [0.25, 0.3) is 0 Å². The first-order valence-corrected chi connectivity index (χ1v) is 10.6. The summed E-state index contributed by atoms with van der Waals surface area (Å²) in [7, 11) is 0. The molecule has 156 valence electrons. The van der Waals surface area contributed by atoms with E-state index in [2.05, 4.69) is 30.4 Å². The Kier molecular flexibility index (Phi) is 8.91. The minimum atomic E-state index is -0.492. The van der Waals surface area contributed by atoms with Gasteiger partial charge >= 0.3 is 0 Å². The Morgan fingerprint density at radius 1 is 1.00 bits per heavy atom. The number of carbonyl (C=O) groups is 2. The molecule has 1 atom stereocenters. The highest BCUT2D eigenvalue weighted by Crippen LogP contribution is 2.13. The van der Waals surface area contributed by atoms with Crippen LogP contribution in [0.1, 0.15) is 48.9 Å². The number of benzene rings is 2. The Balaban J connectivity index is 2.13. The summed E-state index contributed by atoms with van der Waals surface area (Å²) >= 11 is 0. The van der Waals surface area contributed by atoms with Crippen LogP contribution in [0.3, 0.4) is 0 Å². The number of aryl methyl sites for hydroxylation is 2. The summed E-state index contributed by atoms with van der Waals surface area (Å²) in [6.07, 6.45) is 3.01. The van der Waals surface area contributed by atoms with E-state index in [0.717, 1.165) is 41.5 Å². The summed E-state index contributed by atoms with van der Waals surface area (Å²) in [6.45, 7) is 9.17. The van der Waals surface area contributed by atoms with Gasteiger partial charge in [-0.05, 0) is 44.7 Å². The Labute approximate surface area is 175 Å². The molecule has 0 aliphatic carbocycles. The van der Waals surface area contributed by atoms with Gasteiger partial charge in [-0.3, -0.25) is 9.59 Å². The summed E-state index contributed by atoms with van der Waals surface area (Å²) in [6, 6.07) is 15.8. The fourth-order valence-electron chi connectivity index (χ4n) is 3.55. The van der Waals surface area contributed by atoms with Gasteiger partial charge < -0.3 is 10.2 Å². The zero-order valence-electron chi connectivity index (χ0n) is 18.2. The highest BCUT2D eigenvalue weighted by atomic mass is 16.2. The summed E-state index contributed by atoms with van der Waals surface area (Å²) in [5.41, 5.74) is 4.45. The van der Waals surface area contributed by atoms with Crippen LogP contribution in [0.15, 0.2) is 48.5 Å². The fourth-order valence-corrected chi connectivity index (χ4v) is 3.55. The van der Waals surface area contributed by atoms with Gasteiger partial charge in [0.25, 0.3) is 0 Å². The molecule has 2 aromatic rings. The molecule has 4 heteroatoms. The second kappa shape index (κ2) is 11.4. The van der Waals surface area contributed by atoms with Crippen LogP contribution < -0.4 is 5.32 Å². The van der Waals surface area contributed by atoms with E-state index < -0.39 is 6.04 Å². The van der Waals surface area contributed by atoms with Crippen molar-refractivity contribution in [2.75, 3.05) is 13.1 Å². The molecule has 0 aromatic heterocycles. The van der Waals surface area contributed by atoms with E-state index in [0.29, 0.717) is 19.5 Å². The van der Waals surface area contributed by atoms with E-state index in [1.54, 1.807) is 4.90 Å². The predicted octanol–water partition coefficient (Wildman–Crippen LogP) is 4.22. The quantitative estimate of drug-likeness (QED) is 0.613. The number of rotatable bonds is 10. The van der Waals surface area contributed by atoms with Gasteiger partial charge in [-0.15, -0.1) is 0 Å². The van der Waals surface area contributed by atoms with Crippen molar-refractivity contribution in [1.82, 2.24) is 10.2 Å². The maximum atomic E-state index is 13.2. The minimum absolute atomic E-state index is 0.0101. The Hall–Kier alpha value is -2.62. The van der Waals surface area contributed by atoms with Gasteiger partial charge in [0, 0.05) is 13.1 Å². The number of amides is 2. The molecule has 0 saturated carbocycles. The Morgan fingerprint density at radius 3 is 2.28 bits per heavy atom. The van der Waals surface area contributed by atoms with Gasteiger partial charge in [0.05, 0.1) is 6.42 Å². The molecule has 29 heavy (non-hydrogen) atoms. The largest absolute Gasteiger partial charge is 0.354 e. The summed E-state index contributed by atoms with van der Waals surface area (Å²) < 4.78 is 0. The van der Waals surface area contributed by atoms with Crippen molar-refractivity contribution >= 4 is 11.8 Å². The van der Waals surface area contributed by atoms with Gasteiger partial charge in [-0.2, -0.15) is 0 Å². The van der Waals surface area contributed by atoms with Crippen LogP contribution in [0, 0.1) is 13.8 Å². The molecule has 0 aliphatic rings. The normalized spacial score (nSPS) is 11.7. The van der Waals surface area contributed by atoms with Crippen molar-refractivity contribution < 1.29 is 9.59 Å². The molecule has 0 spiro atoms. The monoisotopic (exact) mass is 394 g/mol. The Bertz CT molecular complexity index is 781. The molecule has 0 radical (unpaired) electrons. The van der Waals surface area contributed by atoms with Crippen molar-refractivity contribution in [1.29, 1.82) is 0 Å². The summed E-state index contributed by atoms with van der Waals surface area (Å²) in [5, 5.41) is 2.97. The predicted molar refractivity (Wildman–Crippen MR) is 119 cm³/mol. The lowest BCUT2D eigenvalue weighted by atomic mass is 10.0. The van der Waals surface area contributed by atoms with Gasteiger partial charge in [-0.25, -0.2) is 0 Å². The van der Waals surface area contributed by atoms with Gasteiger partial charge in [-0.1, -0.05) is 73.0 Å². The van der Waals surface area contributed by atoms with Crippen molar-refractivity contribution in [2.45, 2.75) is 59.4 Å². The molecule has 2 rings (SSSR count). The first kappa shape index (κ1) is 22.7. The van der Waals surface area contributed by atoms with E-state index in [-0.39, 0.29) is 11.8 Å². The highest BCUT2D eigenvalue weighted by Gasteiger charge is 2.25. The van der Waals surface area contributed by atoms with Crippen LogP contribution in [-0.2, 0) is 22.4 Å². The lowest BCUT2D eigenvalue weighted by molar-refractivity contribution is -0.139. The van der Waals surface area contributed by atoms with Crippen molar-refractivity contribution in [3.63, 3.8) is 0 Å². The smallest absolute Gasteiger partial charge is 0.242 e. The number of hydrogen-bond donors (Lipinski definition) is 1. The van der Waals surface area contributed by atoms with Crippen LogP contribution in [0.4, 0.5) is 0 Å². The topological polar surface area (TPSA) is 49.4 Å². The molecule has 0 aliphatic heterocycles. The molecule has 2 aromatic carbocycles. The number of hydrogen-bond acceptors (Lipinski definition) is 2. The number of unbranched alkanes of at least 4 members (excludes halogenated alkanes) is 1. The molecular formula is C25H34N2O2. The van der Waals surface area contributed by atoms with E-state index in [4.69, 9.17) is 0 Å². The van der Waals surface area contributed by atoms with E-state index in [9.17, 15) is 9.59 Å². The molecule has 2 amide bonds. The molecule has 0 unspecified atom stereocenters. The summed E-state index contributed by atoms with van der Waals surface area (Å²) in [5.74, 6) is -0.0932. The second-order valence-corrected chi connectivity index (χ2v) is 7.82. The molecule has 1 N–H and O–H groups in total. The third kappa shape index (κ3) is 7.37. The zero-order valence-corrected chi connectivity index (χ0v) is 18.2. The number of nitrogens with zero attached hydrogens (tertiary/aromatic N) is 1. The fraction of sp³-hybridized carbons (Fsp3) is 0.440. The molecule has 0 saturated heterocycles. The second-order valence-electron chi connectivity index (χ2n) is 7.82. The molecular weight excluding hydrogens is 360 g/mol. The lowest BCUT2D eigenvalue weighted by Gasteiger charge is -2.29. The van der Waals surface area contributed by atoms with E-state index in [1.165, 1.54) is 0 Å². The van der Waals surface area contributed by atoms with Gasteiger partial charge in [0.2, 0.25) is 11.8 Å². The zero-order chi connectivity index (χ0) is 21.2. The van der Waals surface area contributed by atoms with E-state index in [1.807, 2.05) is 51.1 Å². The first-order chi connectivity index (χ1) is 13.9. The van der Waals surface area contributed by atoms with Crippen molar-refractivity contribution in [3.05, 3.63) is 70.8 Å². The van der Waals surface area contributed by atoms with E-state index >= 15 is 0 Å². The highest BCUT2D eigenvalue weighted by molar-refractivity contribution is 5.88. The molecule has 0 fully saturated rings. The lowest BCUT2D eigenvalue weighted by Crippen LogP contribution is -2.49. The third-order valence-electron chi connectivity index (χ3n) is 5.12. The average Bonchev–Trinajstić information content (AvgIpc) is 2.68. The van der Waals surface area contributed by atoms with Gasteiger partial charge in [0.15, 0.2) is 0 Å². The van der Waals surface area contributed by atoms with Crippen LogP contribution in [0.2, 0.25) is 0 Å². The summed E-state index contributed by atoms with van der Waals surface area (Å²) in [4.78, 5) is 27.5. The first-order valence-electron chi connectivity index (χ1n) is 10.6. The van der Waals surface area contributed by atoms with Crippen molar-refractivity contribution in [2.24, 2.45) is 0 Å². The maximum Gasteiger partial charge on any atom is 0.242 e. The van der Waals surface area contributed by atoms with Crippen LogP contribution in [-0.4, -0.2) is 35.8 Å². The Morgan fingerprint density at radius 2 is 1.66 bits per heavy atom. The standard InChI is InChI=1S/C25H34N2O2/c1-5-6-13-26-25(29)21(4)27(14-12-22-10-8-7-9-11-22)24(28)18-23-16-19(2)15-20(3)17-23/h7-11,15-17,21H,5-6,12-14,18H2,1-4H3,(H,26,29)/t21-/m1/s1. The average molecular weight is 395 g/mol. The SMILES string of the molecule is CCCCNC(=O)[C@@H](C)N(CCc1ccccc1)C(=O)Cc1cc(C)cc(C)c1. The number of nitrogens with one attached hydrogen (secondary N) is 1. The maximum absolute atomic E-state index is 13.2. The van der Waals surface area contributed by atoms with Gasteiger partial charge in [0.1, 0.15) is 6.04 Å². The molecule has 4 nitrogen and oxygen atoms in total. The molecule has 0 bridgehead atoms. The van der Waals surface area contributed by atoms with Crippen molar-refractivity contribution in [3.8, 4) is 0 Å². The minimum Gasteiger partial charge on any atom is -0.354 e.